The summed E-state index contributed by atoms with van der Waals surface area (Å²) < 4.78 is 6.55. The van der Waals surface area contributed by atoms with E-state index < -0.39 is 0 Å². The molecule has 30 heavy (non-hydrogen) atoms. The minimum atomic E-state index is -0.268. The molecule has 2 aromatic rings. The van der Waals surface area contributed by atoms with Crippen LogP contribution in [0, 0.1) is 0 Å². The summed E-state index contributed by atoms with van der Waals surface area (Å²) in [6, 6.07) is 13.6. The van der Waals surface area contributed by atoms with E-state index in [-0.39, 0.29) is 17.7 Å². The van der Waals surface area contributed by atoms with Crippen molar-refractivity contribution in [2.24, 2.45) is 0 Å². The highest BCUT2D eigenvalue weighted by molar-refractivity contribution is 9.10. The second kappa shape index (κ2) is 9.27. The maximum atomic E-state index is 12.9. The number of halogens is 1. The van der Waals surface area contributed by atoms with Crippen LogP contribution in [-0.4, -0.2) is 36.2 Å². The van der Waals surface area contributed by atoms with E-state index in [9.17, 15) is 9.59 Å². The summed E-state index contributed by atoms with van der Waals surface area (Å²) in [5, 5.41) is -0.252. The number of imide groups is 1. The number of amides is 2. The van der Waals surface area contributed by atoms with Crippen molar-refractivity contribution in [3.63, 3.8) is 0 Å². The fourth-order valence-corrected chi connectivity index (χ4v) is 4.81. The maximum absolute atomic E-state index is 12.9. The van der Waals surface area contributed by atoms with Crippen molar-refractivity contribution < 1.29 is 14.3 Å². The van der Waals surface area contributed by atoms with Crippen LogP contribution in [0.25, 0.3) is 6.08 Å². The Kier molecular flexibility index (Phi) is 6.49. The van der Waals surface area contributed by atoms with Crippen LogP contribution in [-0.2, 0) is 11.3 Å². The minimum absolute atomic E-state index is 0.252. The van der Waals surface area contributed by atoms with E-state index in [0.29, 0.717) is 10.7 Å². The van der Waals surface area contributed by atoms with E-state index in [4.69, 9.17) is 4.74 Å². The van der Waals surface area contributed by atoms with Gasteiger partial charge in [-0.05, 0) is 66.9 Å². The number of piperidine rings is 1. The Balaban J connectivity index is 1.54. The maximum Gasteiger partial charge on any atom is 0.293 e. The highest BCUT2D eigenvalue weighted by Crippen LogP contribution is 2.36. The molecule has 2 amide bonds. The van der Waals surface area contributed by atoms with Crippen LogP contribution in [0.1, 0.15) is 30.4 Å². The molecular formula is C23H23BrN2O3S. The summed E-state index contributed by atoms with van der Waals surface area (Å²) in [4.78, 5) is 29.4. The van der Waals surface area contributed by atoms with E-state index in [1.165, 1.54) is 24.2 Å². The zero-order valence-electron chi connectivity index (χ0n) is 16.8. The molecule has 0 aliphatic carbocycles. The molecule has 2 fully saturated rings. The number of thioether (sulfide) groups is 1. The van der Waals surface area contributed by atoms with E-state index in [2.05, 4.69) is 26.9 Å². The lowest BCUT2D eigenvalue weighted by molar-refractivity contribution is -0.123. The number of hydrogen-bond acceptors (Lipinski definition) is 5. The molecule has 2 aromatic carbocycles. The third-order valence-electron chi connectivity index (χ3n) is 5.35. The van der Waals surface area contributed by atoms with Crippen molar-refractivity contribution in [3.8, 4) is 5.75 Å². The van der Waals surface area contributed by atoms with Crippen molar-refractivity contribution in [3.05, 3.63) is 63.0 Å². The molecule has 0 unspecified atom stereocenters. The number of benzene rings is 2. The Morgan fingerprint density at radius 3 is 2.50 bits per heavy atom. The Labute approximate surface area is 189 Å². The van der Waals surface area contributed by atoms with E-state index in [1.807, 2.05) is 36.4 Å². The molecule has 4 rings (SSSR count). The van der Waals surface area contributed by atoms with Gasteiger partial charge >= 0.3 is 0 Å². The third kappa shape index (κ3) is 4.57. The highest BCUT2D eigenvalue weighted by Gasteiger charge is 2.35. The average Bonchev–Trinajstić information content (AvgIpc) is 3.03. The first-order valence-electron chi connectivity index (χ1n) is 9.98. The van der Waals surface area contributed by atoms with Gasteiger partial charge in [-0.2, -0.15) is 0 Å². The number of methoxy groups -OCH3 is 1. The van der Waals surface area contributed by atoms with Crippen LogP contribution in [0.5, 0.6) is 5.75 Å². The summed E-state index contributed by atoms with van der Waals surface area (Å²) >= 11 is 4.37. The molecule has 0 atom stereocenters. The van der Waals surface area contributed by atoms with Crippen LogP contribution in [0.2, 0.25) is 0 Å². The van der Waals surface area contributed by atoms with Gasteiger partial charge in [-0.25, -0.2) is 0 Å². The Bertz CT molecular complexity index is 984. The predicted molar refractivity (Wildman–Crippen MR) is 125 cm³/mol. The number of hydrogen-bond donors (Lipinski definition) is 0. The first-order valence-corrected chi connectivity index (χ1v) is 11.6. The molecule has 0 spiro atoms. The third-order valence-corrected chi connectivity index (χ3v) is 6.79. The standard InChI is InChI=1S/C23H23BrN2O3S/c1-29-20-14-19(25-11-3-2-4-12-25)10-7-17(20)13-21-22(27)26(23(28)30-21)15-16-5-8-18(24)9-6-16/h5-10,13-14H,2-4,11-12,15H2,1H3/b21-13-. The van der Waals surface area contributed by atoms with Crippen LogP contribution in [0.4, 0.5) is 10.5 Å². The quantitative estimate of drug-likeness (QED) is 0.508. The van der Waals surface area contributed by atoms with Gasteiger partial charge in [0.25, 0.3) is 11.1 Å². The lowest BCUT2D eigenvalue weighted by Crippen LogP contribution is -2.29. The van der Waals surface area contributed by atoms with Crippen molar-refractivity contribution in [2.75, 3.05) is 25.1 Å². The lowest BCUT2D eigenvalue weighted by Gasteiger charge is -2.29. The molecule has 7 heteroatoms. The molecule has 156 valence electrons. The Morgan fingerprint density at radius 1 is 1.07 bits per heavy atom. The van der Waals surface area contributed by atoms with Gasteiger partial charge in [-0.3, -0.25) is 14.5 Å². The SMILES string of the molecule is COc1cc(N2CCCCC2)ccc1/C=C1\SC(=O)N(Cc2ccc(Br)cc2)C1=O. The Morgan fingerprint density at radius 2 is 1.80 bits per heavy atom. The number of carbonyl (C=O) groups is 2. The molecule has 0 N–H and O–H groups in total. The Hall–Kier alpha value is -2.25. The summed E-state index contributed by atoms with van der Waals surface area (Å²) in [5.41, 5.74) is 2.84. The zero-order chi connectivity index (χ0) is 21.1. The first kappa shape index (κ1) is 21.0. The summed E-state index contributed by atoms with van der Waals surface area (Å²) in [6.45, 7) is 2.37. The van der Waals surface area contributed by atoms with Crippen LogP contribution in [0.15, 0.2) is 51.8 Å². The van der Waals surface area contributed by atoms with Gasteiger partial charge in [-0.1, -0.05) is 28.1 Å². The molecule has 5 nitrogen and oxygen atoms in total. The number of rotatable bonds is 5. The molecule has 0 saturated carbocycles. The van der Waals surface area contributed by atoms with Gasteiger partial charge in [0.2, 0.25) is 0 Å². The topological polar surface area (TPSA) is 49.9 Å². The van der Waals surface area contributed by atoms with E-state index >= 15 is 0 Å². The van der Waals surface area contributed by atoms with Gasteiger partial charge in [0, 0.05) is 34.9 Å². The molecular weight excluding hydrogens is 464 g/mol. The fraction of sp³-hybridized carbons (Fsp3) is 0.304. The van der Waals surface area contributed by atoms with Crippen LogP contribution in [0.3, 0.4) is 0 Å². The number of carbonyl (C=O) groups excluding carboxylic acids is 2. The van der Waals surface area contributed by atoms with E-state index in [0.717, 1.165) is 46.1 Å². The fourth-order valence-electron chi connectivity index (χ4n) is 3.72. The molecule has 0 bridgehead atoms. The number of ether oxygens (including phenoxy) is 1. The van der Waals surface area contributed by atoms with Crippen LogP contribution < -0.4 is 9.64 Å². The second-order valence-corrected chi connectivity index (χ2v) is 9.28. The zero-order valence-corrected chi connectivity index (χ0v) is 19.2. The minimum Gasteiger partial charge on any atom is -0.496 e. The molecule has 2 aliphatic heterocycles. The average molecular weight is 487 g/mol. The molecule has 2 saturated heterocycles. The summed E-state index contributed by atoms with van der Waals surface area (Å²) in [7, 11) is 1.63. The smallest absolute Gasteiger partial charge is 0.293 e. The van der Waals surface area contributed by atoms with Gasteiger partial charge in [0.1, 0.15) is 5.75 Å². The summed E-state index contributed by atoms with van der Waals surface area (Å²) in [6.07, 6.45) is 5.44. The monoisotopic (exact) mass is 486 g/mol. The molecule has 0 radical (unpaired) electrons. The molecule has 0 aromatic heterocycles. The van der Waals surface area contributed by atoms with Crippen molar-refractivity contribution in [1.29, 1.82) is 0 Å². The largest absolute Gasteiger partial charge is 0.496 e. The lowest BCUT2D eigenvalue weighted by atomic mass is 10.1. The van der Waals surface area contributed by atoms with Gasteiger partial charge in [0.15, 0.2) is 0 Å². The molecule has 2 aliphatic rings. The first-order chi connectivity index (χ1) is 14.5. The highest BCUT2D eigenvalue weighted by atomic mass is 79.9. The van der Waals surface area contributed by atoms with Crippen molar-refractivity contribution in [1.82, 2.24) is 4.90 Å². The normalized spacial score (nSPS) is 18.4. The second-order valence-electron chi connectivity index (χ2n) is 7.37. The predicted octanol–water partition coefficient (Wildman–Crippen LogP) is 5.68. The number of anilines is 1. The van der Waals surface area contributed by atoms with Crippen molar-refractivity contribution >= 4 is 50.6 Å². The van der Waals surface area contributed by atoms with Gasteiger partial charge < -0.3 is 9.64 Å². The summed E-state index contributed by atoms with van der Waals surface area (Å²) in [5.74, 6) is 0.438. The number of nitrogens with zero attached hydrogens (tertiary/aromatic N) is 2. The van der Waals surface area contributed by atoms with E-state index in [1.54, 1.807) is 13.2 Å². The van der Waals surface area contributed by atoms with Gasteiger partial charge in [0.05, 0.1) is 18.6 Å². The molecule has 2 heterocycles. The van der Waals surface area contributed by atoms with Crippen molar-refractivity contribution in [2.45, 2.75) is 25.8 Å². The van der Waals surface area contributed by atoms with Gasteiger partial charge in [-0.15, -0.1) is 0 Å². The van der Waals surface area contributed by atoms with Crippen LogP contribution >= 0.6 is 27.7 Å².